The third-order valence-corrected chi connectivity index (χ3v) is 4.67. The van der Waals surface area contributed by atoms with Crippen molar-refractivity contribution in [2.45, 2.75) is 26.1 Å². The van der Waals surface area contributed by atoms with E-state index >= 15 is 0 Å². The molecule has 29 heavy (non-hydrogen) atoms. The summed E-state index contributed by atoms with van der Waals surface area (Å²) in [7, 11) is 0. The minimum absolute atomic E-state index is 0.0345. The maximum absolute atomic E-state index is 12.8. The topological polar surface area (TPSA) is 86.5 Å². The minimum Gasteiger partial charge on any atom is -0.342 e. The Morgan fingerprint density at radius 2 is 1.72 bits per heavy atom. The Bertz CT molecular complexity index is 1160. The van der Waals surface area contributed by atoms with Gasteiger partial charge in [-0.05, 0) is 36.2 Å². The Morgan fingerprint density at radius 1 is 1.00 bits per heavy atom. The average molecular weight is 401 g/mol. The van der Waals surface area contributed by atoms with E-state index in [0.717, 1.165) is 11.0 Å². The molecule has 150 valence electrons. The number of rotatable bonds is 4. The lowest BCUT2D eigenvalue weighted by Crippen LogP contribution is -2.32. The van der Waals surface area contributed by atoms with Crippen LogP contribution in [0.5, 0.6) is 0 Å². The maximum atomic E-state index is 12.8. The van der Waals surface area contributed by atoms with E-state index in [1.54, 1.807) is 0 Å². The van der Waals surface area contributed by atoms with E-state index in [4.69, 9.17) is 0 Å². The Labute approximate surface area is 163 Å². The highest BCUT2D eigenvalue weighted by Crippen LogP contribution is 2.29. The number of para-hydroxylation sites is 2. The number of fused-ring (bicyclic) bond motifs is 2. The first kappa shape index (κ1) is 19.0. The summed E-state index contributed by atoms with van der Waals surface area (Å²) in [6, 6.07) is 11.4. The molecular formula is C20H18F3N5O. The molecule has 0 aliphatic heterocycles. The second-order valence-corrected chi connectivity index (χ2v) is 7.15. The molecule has 2 aromatic carbocycles. The summed E-state index contributed by atoms with van der Waals surface area (Å²) in [5.74, 6) is -0.842. The van der Waals surface area contributed by atoms with Gasteiger partial charge in [-0.1, -0.05) is 26.0 Å². The predicted molar refractivity (Wildman–Crippen MR) is 102 cm³/mol. The van der Waals surface area contributed by atoms with Crippen LogP contribution in [0.3, 0.4) is 0 Å². The number of amides is 1. The molecule has 3 N–H and O–H groups in total. The number of hydrogen-bond donors (Lipinski definition) is 3. The number of imidazole rings is 2. The second-order valence-electron chi connectivity index (χ2n) is 7.15. The van der Waals surface area contributed by atoms with E-state index in [1.807, 2.05) is 38.1 Å². The van der Waals surface area contributed by atoms with E-state index in [1.165, 1.54) is 18.2 Å². The summed E-state index contributed by atoms with van der Waals surface area (Å²) in [6.07, 6.45) is -4.58. The fourth-order valence-corrected chi connectivity index (χ4v) is 3.18. The molecule has 0 radical (unpaired) electrons. The van der Waals surface area contributed by atoms with Crippen LogP contribution >= 0.6 is 0 Å². The van der Waals surface area contributed by atoms with Crippen LogP contribution in [-0.2, 0) is 6.18 Å². The minimum atomic E-state index is -4.58. The van der Waals surface area contributed by atoms with Gasteiger partial charge < -0.3 is 15.3 Å². The van der Waals surface area contributed by atoms with Crippen molar-refractivity contribution in [2.75, 3.05) is 0 Å². The van der Waals surface area contributed by atoms with Gasteiger partial charge in [0, 0.05) is 5.56 Å². The molecule has 0 spiro atoms. The lowest BCUT2D eigenvalue weighted by atomic mass is 10.0. The number of nitrogens with zero attached hydrogens (tertiary/aromatic N) is 2. The van der Waals surface area contributed by atoms with Crippen molar-refractivity contribution in [3.63, 3.8) is 0 Å². The van der Waals surface area contributed by atoms with Gasteiger partial charge in [0.2, 0.25) is 5.82 Å². The molecule has 0 bridgehead atoms. The number of H-pyrrole nitrogens is 2. The molecule has 9 heteroatoms. The van der Waals surface area contributed by atoms with E-state index in [2.05, 4.69) is 25.3 Å². The largest absolute Gasteiger partial charge is 0.449 e. The monoisotopic (exact) mass is 401 g/mol. The molecule has 0 saturated carbocycles. The molecule has 0 saturated heterocycles. The summed E-state index contributed by atoms with van der Waals surface area (Å²) in [4.78, 5) is 26.3. The van der Waals surface area contributed by atoms with Crippen LogP contribution in [0, 0.1) is 5.92 Å². The molecule has 0 aliphatic rings. The van der Waals surface area contributed by atoms with Crippen molar-refractivity contribution < 1.29 is 18.0 Å². The maximum Gasteiger partial charge on any atom is 0.449 e. The summed E-state index contributed by atoms with van der Waals surface area (Å²) in [6.45, 7) is 3.90. The van der Waals surface area contributed by atoms with E-state index in [9.17, 15) is 18.0 Å². The molecule has 1 amide bonds. The molecule has 1 atom stereocenters. The predicted octanol–water partition coefficient (Wildman–Crippen LogP) is 4.59. The number of alkyl halides is 3. The Morgan fingerprint density at radius 3 is 2.41 bits per heavy atom. The SMILES string of the molecule is CC(C)[C@@H](NC(=O)c1ccc2nc(C(F)(F)F)[nH]c2c1)c1nc2ccccc2[nH]1. The van der Waals surface area contributed by atoms with Gasteiger partial charge >= 0.3 is 6.18 Å². The fraction of sp³-hybridized carbons (Fsp3) is 0.250. The number of hydrogen-bond acceptors (Lipinski definition) is 3. The van der Waals surface area contributed by atoms with Crippen molar-refractivity contribution >= 4 is 28.0 Å². The number of nitrogens with one attached hydrogen (secondary N) is 3. The molecule has 0 aliphatic carbocycles. The highest BCUT2D eigenvalue weighted by atomic mass is 19.4. The lowest BCUT2D eigenvalue weighted by molar-refractivity contribution is -0.144. The van der Waals surface area contributed by atoms with Gasteiger partial charge in [-0.15, -0.1) is 0 Å². The molecule has 0 unspecified atom stereocenters. The normalized spacial score (nSPS) is 13.3. The summed E-state index contributed by atoms with van der Waals surface area (Å²) in [5, 5.41) is 2.92. The van der Waals surface area contributed by atoms with Crippen molar-refractivity contribution in [3.05, 3.63) is 59.7 Å². The zero-order chi connectivity index (χ0) is 20.8. The standard InChI is InChI=1S/C20H18F3N5O/c1-10(2)16(17-24-12-5-3-4-6-13(12)25-17)28-18(29)11-7-8-14-15(9-11)27-19(26-14)20(21,22)23/h3-10,16H,1-2H3,(H,24,25)(H,26,27)(H,28,29)/t16-/m1/s1. The molecule has 2 heterocycles. The number of halogens is 3. The number of carbonyl (C=O) groups excluding carboxylic acids is 1. The number of carbonyl (C=O) groups is 1. The van der Waals surface area contributed by atoms with Crippen molar-refractivity contribution in [1.29, 1.82) is 0 Å². The number of aromatic amines is 2. The third-order valence-electron chi connectivity index (χ3n) is 4.67. The van der Waals surface area contributed by atoms with Crippen LogP contribution in [0.1, 0.15) is 41.9 Å². The van der Waals surface area contributed by atoms with Crippen molar-refractivity contribution in [1.82, 2.24) is 25.3 Å². The first-order chi connectivity index (χ1) is 13.7. The fourth-order valence-electron chi connectivity index (χ4n) is 3.18. The highest BCUT2D eigenvalue weighted by Gasteiger charge is 2.34. The number of benzene rings is 2. The molecule has 6 nitrogen and oxygen atoms in total. The van der Waals surface area contributed by atoms with Crippen molar-refractivity contribution in [3.8, 4) is 0 Å². The van der Waals surface area contributed by atoms with Crippen molar-refractivity contribution in [2.24, 2.45) is 5.92 Å². The van der Waals surface area contributed by atoms with Gasteiger partial charge in [-0.3, -0.25) is 4.79 Å². The first-order valence-corrected chi connectivity index (χ1v) is 9.05. The van der Waals surface area contributed by atoms with E-state index < -0.39 is 23.9 Å². The average Bonchev–Trinajstić information content (AvgIpc) is 3.28. The Balaban J connectivity index is 1.62. The van der Waals surface area contributed by atoms with Gasteiger partial charge in [0.15, 0.2) is 0 Å². The van der Waals surface area contributed by atoms with Gasteiger partial charge in [0.1, 0.15) is 5.82 Å². The van der Waals surface area contributed by atoms with E-state index in [0.29, 0.717) is 5.82 Å². The second kappa shape index (κ2) is 6.91. The van der Waals surface area contributed by atoms with Crippen LogP contribution in [0.4, 0.5) is 13.2 Å². The van der Waals surface area contributed by atoms with E-state index in [-0.39, 0.29) is 22.5 Å². The zero-order valence-electron chi connectivity index (χ0n) is 15.6. The lowest BCUT2D eigenvalue weighted by Gasteiger charge is -2.20. The highest BCUT2D eigenvalue weighted by molar-refractivity contribution is 5.97. The van der Waals surface area contributed by atoms with Crippen LogP contribution < -0.4 is 5.32 Å². The molecular weight excluding hydrogens is 383 g/mol. The zero-order valence-corrected chi connectivity index (χ0v) is 15.6. The van der Waals surface area contributed by atoms with Gasteiger partial charge in [-0.2, -0.15) is 13.2 Å². The summed E-state index contributed by atoms with van der Waals surface area (Å²) in [5.41, 5.74) is 2.18. The smallest absolute Gasteiger partial charge is 0.342 e. The third kappa shape index (κ3) is 3.67. The van der Waals surface area contributed by atoms with Crippen LogP contribution in [0.25, 0.3) is 22.1 Å². The quantitative estimate of drug-likeness (QED) is 0.468. The summed E-state index contributed by atoms with van der Waals surface area (Å²) >= 11 is 0. The Kier molecular flexibility index (Phi) is 4.52. The van der Waals surface area contributed by atoms with Gasteiger partial charge in [-0.25, -0.2) is 9.97 Å². The molecule has 2 aromatic heterocycles. The molecule has 4 rings (SSSR count). The Hall–Kier alpha value is -3.36. The first-order valence-electron chi connectivity index (χ1n) is 9.05. The number of aromatic nitrogens is 4. The van der Waals surface area contributed by atoms with Gasteiger partial charge in [0.05, 0.1) is 28.1 Å². The van der Waals surface area contributed by atoms with Crippen LogP contribution in [0.15, 0.2) is 42.5 Å². The molecule has 4 aromatic rings. The summed E-state index contributed by atoms with van der Waals surface area (Å²) < 4.78 is 38.5. The van der Waals surface area contributed by atoms with Gasteiger partial charge in [0.25, 0.3) is 5.91 Å². The molecule has 0 fully saturated rings. The van der Waals surface area contributed by atoms with Crippen LogP contribution in [-0.4, -0.2) is 25.8 Å². The van der Waals surface area contributed by atoms with Crippen LogP contribution in [0.2, 0.25) is 0 Å².